The van der Waals surface area contributed by atoms with Gasteiger partial charge in [0.05, 0.1) is 0 Å². The standard InChI is InChI=1S/C19H26N2/c1-4-20-19(17-11-7-6-8-12-17)15-21(5-2)18-13-9-10-16(3)14-18/h6-14,19-20H,4-5,15H2,1-3H3. The molecule has 2 aromatic rings. The third-order valence-corrected chi connectivity index (χ3v) is 3.80. The van der Waals surface area contributed by atoms with Crippen molar-refractivity contribution in [3.8, 4) is 0 Å². The zero-order valence-electron chi connectivity index (χ0n) is 13.3. The number of benzene rings is 2. The molecule has 0 aliphatic rings. The van der Waals surface area contributed by atoms with Gasteiger partial charge in [-0.2, -0.15) is 0 Å². The average molecular weight is 282 g/mol. The lowest BCUT2D eigenvalue weighted by Crippen LogP contribution is -2.35. The number of anilines is 1. The third kappa shape index (κ3) is 4.33. The fourth-order valence-electron chi connectivity index (χ4n) is 2.68. The molecule has 0 spiro atoms. The summed E-state index contributed by atoms with van der Waals surface area (Å²) in [6.45, 7) is 9.51. The molecule has 0 saturated carbocycles. The first kappa shape index (κ1) is 15.6. The van der Waals surface area contributed by atoms with Gasteiger partial charge in [0.2, 0.25) is 0 Å². The van der Waals surface area contributed by atoms with Crippen LogP contribution in [0.2, 0.25) is 0 Å². The van der Waals surface area contributed by atoms with Crippen LogP contribution in [0.25, 0.3) is 0 Å². The lowest BCUT2D eigenvalue weighted by atomic mass is 10.1. The van der Waals surface area contributed by atoms with Crippen LogP contribution in [0.1, 0.15) is 31.0 Å². The van der Waals surface area contributed by atoms with E-state index >= 15 is 0 Å². The second-order valence-corrected chi connectivity index (χ2v) is 5.40. The number of nitrogens with one attached hydrogen (secondary N) is 1. The summed E-state index contributed by atoms with van der Waals surface area (Å²) >= 11 is 0. The molecule has 2 aromatic carbocycles. The molecule has 1 N–H and O–H groups in total. The predicted molar refractivity (Wildman–Crippen MR) is 91.9 cm³/mol. The zero-order chi connectivity index (χ0) is 15.1. The minimum Gasteiger partial charge on any atom is -0.370 e. The molecule has 21 heavy (non-hydrogen) atoms. The van der Waals surface area contributed by atoms with Gasteiger partial charge in [0.25, 0.3) is 0 Å². The molecule has 0 aromatic heterocycles. The molecule has 2 rings (SSSR count). The Morgan fingerprint density at radius 1 is 1.00 bits per heavy atom. The molecule has 2 nitrogen and oxygen atoms in total. The molecule has 1 atom stereocenters. The van der Waals surface area contributed by atoms with Gasteiger partial charge >= 0.3 is 0 Å². The van der Waals surface area contributed by atoms with E-state index in [1.165, 1.54) is 16.8 Å². The highest BCUT2D eigenvalue weighted by Crippen LogP contribution is 2.20. The van der Waals surface area contributed by atoms with Crippen molar-refractivity contribution in [3.05, 3.63) is 65.7 Å². The quantitative estimate of drug-likeness (QED) is 0.820. The van der Waals surface area contributed by atoms with Crippen molar-refractivity contribution in [1.29, 1.82) is 0 Å². The van der Waals surface area contributed by atoms with Gasteiger partial charge < -0.3 is 10.2 Å². The van der Waals surface area contributed by atoms with E-state index in [2.05, 4.69) is 85.6 Å². The maximum absolute atomic E-state index is 3.61. The Morgan fingerprint density at radius 2 is 1.76 bits per heavy atom. The fourth-order valence-corrected chi connectivity index (χ4v) is 2.68. The highest BCUT2D eigenvalue weighted by Gasteiger charge is 2.14. The van der Waals surface area contributed by atoms with Crippen molar-refractivity contribution >= 4 is 5.69 Å². The van der Waals surface area contributed by atoms with Crippen LogP contribution in [-0.4, -0.2) is 19.6 Å². The second kappa shape index (κ2) is 7.84. The molecule has 2 heteroatoms. The summed E-state index contributed by atoms with van der Waals surface area (Å²) in [6.07, 6.45) is 0. The lowest BCUT2D eigenvalue weighted by Gasteiger charge is -2.29. The van der Waals surface area contributed by atoms with E-state index in [1.807, 2.05) is 0 Å². The van der Waals surface area contributed by atoms with Gasteiger partial charge in [0, 0.05) is 24.8 Å². The minimum absolute atomic E-state index is 0.358. The fraction of sp³-hybridized carbons (Fsp3) is 0.368. The summed E-state index contributed by atoms with van der Waals surface area (Å²) in [5.41, 5.74) is 3.97. The van der Waals surface area contributed by atoms with Crippen LogP contribution in [0.3, 0.4) is 0 Å². The van der Waals surface area contributed by atoms with Crippen LogP contribution in [0.15, 0.2) is 54.6 Å². The van der Waals surface area contributed by atoms with Crippen LogP contribution < -0.4 is 10.2 Å². The van der Waals surface area contributed by atoms with Crippen LogP contribution in [0, 0.1) is 6.92 Å². The zero-order valence-corrected chi connectivity index (χ0v) is 13.3. The molecule has 0 fully saturated rings. The maximum Gasteiger partial charge on any atom is 0.0498 e. The van der Waals surface area contributed by atoms with E-state index in [9.17, 15) is 0 Å². The first-order valence-corrected chi connectivity index (χ1v) is 7.84. The molecule has 0 saturated heterocycles. The maximum atomic E-state index is 3.61. The number of hydrogen-bond donors (Lipinski definition) is 1. The SMILES string of the molecule is CCNC(CN(CC)c1cccc(C)c1)c1ccccc1. The Balaban J connectivity index is 2.18. The Hall–Kier alpha value is -1.80. The van der Waals surface area contributed by atoms with Gasteiger partial charge in [-0.3, -0.25) is 0 Å². The molecule has 1 unspecified atom stereocenters. The molecular formula is C19H26N2. The molecule has 0 amide bonds. The normalized spacial score (nSPS) is 12.1. The summed E-state index contributed by atoms with van der Waals surface area (Å²) in [5, 5.41) is 3.61. The molecule has 0 bridgehead atoms. The summed E-state index contributed by atoms with van der Waals surface area (Å²) in [4.78, 5) is 2.44. The Morgan fingerprint density at radius 3 is 2.38 bits per heavy atom. The van der Waals surface area contributed by atoms with Crippen molar-refractivity contribution in [1.82, 2.24) is 5.32 Å². The molecule has 0 heterocycles. The van der Waals surface area contributed by atoms with E-state index in [0.29, 0.717) is 6.04 Å². The van der Waals surface area contributed by atoms with E-state index in [4.69, 9.17) is 0 Å². The average Bonchev–Trinajstić information content (AvgIpc) is 2.52. The van der Waals surface area contributed by atoms with Crippen LogP contribution in [0.4, 0.5) is 5.69 Å². The van der Waals surface area contributed by atoms with Gasteiger partial charge in [0.1, 0.15) is 0 Å². The smallest absolute Gasteiger partial charge is 0.0498 e. The monoisotopic (exact) mass is 282 g/mol. The molecule has 112 valence electrons. The van der Waals surface area contributed by atoms with E-state index in [-0.39, 0.29) is 0 Å². The Bertz CT molecular complexity index is 536. The van der Waals surface area contributed by atoms with Crippen molar-refractivity contribution in [2.45, 2.75) is 26.8 Å². The summed E-state index contributed by atoms with van der Waals surface area (Å²) < 4.78 is 0. The van der Waals surface area contributed by atoms with Crippen LogP contribution in [-0.2, 0) is 0 Å². The van der Waals surface area contributed by atoms with Crippen LogP contribution in [0.5, 0.6) is 0 Å². The Kier molecular flexibility index (Phi) is 5.82. The van der Waals surface area contributed by atoms with Gasteiger partial charge in [-0.1, -0.05) is 49.4 Å². The molecular weight excluding hydrogens is 256 g/mol. The highest BCUT2D eigenvalue weighted by molar-refractivity contribution is 5.48. The molecule has 0 aliphatic carbocycles. The van der Waals surface area contributed by atoms with Crippen molar-refractivity contribution in [2.75, 3.05) is 24.5 Å². The Labute approximate surface area is 128 Å². The van der Waals surface area contributed by atoms with E-state index in [0.717, 1.165) is 19.6 Å². The van der Waals surface area contributed by atoms with Crippen molar-refractivity contribution in [2.24, 2.45) is 0 Å². The number of nitrogens with zero attached hydrogens (tertiary/aromatic N) is 1. The van der Waals surface area contributed by atoms with Gasteiger partial charge in [-0.25, -0.2) is 0 Å². The highest BCUT2D eigenvalue weighted by atomic mass is 15.1. The van der Waals surface area contributed by atoms with E-state index < -0.39 is 0 Å². The first-order chi connectivity index (χ1) is 10.2. The second-order valence-electron chi connectivity index (χ2n) is 5.40. The minimum atomic E-state index is 0.358. The first-order valence-electron chi connectivity index (χ1n) is 7.84. The van der Waals surface area contributed by atoms with E-state index in [1.54, 1.807) is 0 Å². The number of rotatable bonds is 7. The van der Waals surface area contributed by atoms with Gasteiger partial charge in [-0.15, -0.1) is 0 Å². The summed E-state index contributed by atoms with van der Waals surface area (Å²) in [5.74, 6) is 0. The number of aryl methyl sites for hydroxylation is 1. The molecule has 0 aliphatic heterocycles. The number of hydrogen-bond acceptors (Lipinski definition) is 2. The summed E-state index contributed by atoms with van der Waals surface area (Å²) in [7, 11) is 0. The topological polar surface area (TPSA) is 15.3 Å². The van der Waals surface area contributed by atoms with Crippen molar-refractivity contribution < 1.29 is 0 Å². The van der Waals surface area contributed by atoms with Crippen molar-refractivity contribution in [3.63, 3.8) is 0 Å². The predicted octanol–water partition coefficient (Wildman–Crippen LogP) is 4.17. The lowest BCUT2D eigenvalue weighted by molar-refractivity contribution is 0.541. The summed E-state index contributed by atoms with van der Waals surface area (Å²) in [6, 6.07) is 19.8. The van der Waals surface area contributed by atoms with Crippen LogP contribution >= 0.6 is 0 Å². The largest absolute Gasteiger partial charge is 0.370 e. The van der Waals surface area contributed by atoms with Gasteiger partial charge in [-0.05, 0) is 43.7 Å². The molecule has 0 radical (unpaired) electrons. The third-order valence-electron chi connectivity index (χ3n) is 3.80. The number of likely N-dealkylation sites (N-methyl/N-ethyl adjacent to an activating group) is 2. The van der Waals surface area contributed by atoms with Gasteiger partial charge in [0.15, 0.2) is 0 Å².